The maximum atomic E-state index is 11.1. The highest BCUT2D eigenvalue weighted by Gasteiger charge is 2.19. The van der Waals surface area contributed by atoms with Crippen molar-refractivity contribution in [3.05, 3.63) is 62.7 Å². The van der Waals surface area contributed by atoms with Crippen molar-refractivity contribution < 1.29 is 9.85 Å². The molecule has 11 nitrogen and oxygen atoms in total. The fourth-order valence-electron chi connectivity index (χ4n) is 2.06. The van der Waals surface area contributed by atoms with Crippen molar-refractivity contribution in [1.82, 2.24) is 4.98 Å². The number of thiazole rings is 1. The number of fused-ring (bicyclic) bond motifs is 1. The Hall–Kier alpha value is -3.80. The number of hydrogen-bond donors (Lipinski definition) is 1. The van der Waals surface area contributed by atoms with Gasteiger partial charge < -0.3 is 0 Å². The maximum absolute atomic E-state index is 11.1. The fourth-order valence-corrected chi connectivity index (χ4v) is 2.85. The van der Waals surface area contributed by atoms with Crippen LogP contribution in [-0.4, -0.2) is 20.7 Å². The molecule has 0 radical (unpaired) electrons. The molecule has 136 valence electrons. The molecule has 1 aromatic heterocycles. The maximum Gasteiger partial charge on any atom is 0.301 e. The van der Waals surface area contributed by atoms with E-state index in [4.69, 9.17) is 0 Å². The second-order valence-electron chi connectivity index (χ2n) is 5.15. The van der Waals surface area contributed by atoms with Crippen LogP contribution in [0.1, 0.15) is 6.92 Å². The average Bonchev–Trinajstić information content (AvgIpc) is 3.07. The topological polar surface area (TPSA) is 148 Å². The quantitative estimate of drug-likeness (QED) is 0.222. The highest BCUT2D eigenvalue weighted by Crippen LogP contribution is 2.29. The highest BCUT2D eigenvalue weighted by molar-refractivity contribution is 7.21. The number of aromatic nitrogens is 1. The van der Waals surface area contributed by atoms with Crippen molar-refractivity contribution in [1.29, 1.82) is 0 Å². The number of hydrogen-bond acceptors (Lipinski definition) is 9. The first-order valence-corrected chi connectivity index (χ1v) is 8.26. The molecule has 0 fully saturated rings. The Kier molecular flexibility index (Phi) is 5.08. The molecule has 0 aliphatic carbocycles. The predicted molar refractivity (Wildman–Crippen MR) is 101 cm³/mol. The fraction of sp³-hybridized carbons (Fsp3) is 0.0667. The van der Waals surface area contributed by atoms with Crippen LogP contribution >= 0.6 is 11.3 Å². The number of amidine groups is 1. The van der Waals surface area contributed by atoms with E-state index in [0.717, 1.165) is 22.3 Å². The third kappa shape index (κ3) is 4.24. The molecule has 1 heterocycles. The van der Waals surface area contributed by atoms with Crippen molar-refractivity contribution >= 4 is 49.6 Å². The lowest BCUT2D eigenvalue weighted by molar-refractivity contribution is -0.393. The van der Waals surface area contributed by atoms with E-state index in [0.29, 0.717) is 5.13 Å². The third-order valence-electron chi connectivity index (χ3n) is 3.29. The molecule has 1 N–H and O–H groups in total. The summed E-state index contributed by atoms with van der Waals surface area (Å²) in [6.07, 6.45) is 0. The number of hydrazone groups is 1. The average molecular weight is 385 g/mol. The first kappa shape index (κ1) is 18.0. The SMILES string of the molecule is CC(N=Nc1nc2ccccc2s1)=NNc1ccc([N+](=O)[O-])cc1[N+](=O)[O-]. The minimum absolute atomic E-state index is 0.000127. The Morgan fingerprint density at radius 2 is 1.93 bits per heavy atom. The van der Waals surface area contributed by atoms with Crippen molar-refractivity contribution in [3.63, 3.8) is 0 Å². The molecule has 0 aliphatic rings. The minimum Gasteiger partial charge on any atom is -0.270 e. The summed E-state index contributed by atoms with van der Waals surface area (Å²) in [4.78, 5) is 24.7. The van der Waals surface area contributed by atoms with Crippen molar-refractivity contribution in [3.8, 4) is 0 Å². The Balaban J connectivity index is 1.76. The van der Waals surface area contributed by atoms with Crippen LogP contribution in [0, 0.1) is 20.2 Å². The van der Waals surface area contributed by atoms with E-state index in [1.54, 1.807) is 6.92 Å². The van der Waals surface area contributed by atoms with Gasteiger partial charge in [-0.25, -0.2) is 4.98 Å². The summed E-state index contributed by atoms with van der Waals surface area (Å²) in [5.41, 5.74) is 2.43. The number of nitro groups is 2. The summed E-state index contributed by atoms with van der Waals surface area (Å²) >= 11 is 1.36. The molecule has 0 unspecified atom stereocenters. The zero-order valence-corrected chi connectivity index (χ0v) is 14.6. The van der Waals surface area contributed by atoms with E-state index >= 15 is 0 Å². The standard InChI is InChI=1S/C15H11N7O4S/c1-9(18-20-15-16-12-4-2-3-5-14(12)27-15)17-19-11-7-6-10(21(23)24)8-13(11)22(25)26/h2-8,19H,1H3. The van der Waals surface area contributed by atoms with Gasteiger partial charge in [-0.05, 0) is 25.1 Å². The van der Waals surface area contributed by atoms with Gasteiger partial charge >= 0.3 is 5.69 Å². The molecular formula is C15H11N7O4S. The van der Waals surface area contributed by atoms with E-state index in [1.165, 1.54) is 17.4 Å². The van der Waals surface area contributed by atoms with Crippen LogP contribution in [0.25, 0.3) is 10.2 Å². The molecule has 0 saturated heterocycles. The molecule has 0 atom stereocenters. The zero-order valence-electron chi connectivity index (χ0n) is 13.8. The number of nitrogens with zero attached hydrogens (tertiary/aromatic N) is 6. The van der Waals surface area contributed by atoms with Gasteiger partial charge in [-0.2, -0.15) is 5.10 Å². The zero-order chi connectivity index (χ0) is 19.4. The highest BCUT2D eigenvalue weighted by atomic mass is 32.1. The first-order chi connectivity index (χ1) is 12.9. The normalized spacial score (nSPS) is 11.8. The molecular weight excluding hydrogens is 374 g/mol. The number of nitro benzene ring substituents is 2. The van der Waals surface area contributed by atoms with Gasteiger partial charge in [-0.3, -0.25) is 25.7 Å². The second-order valence-corrected chi connectivity index (χ2v) is 6.16. The predicted octanol–water partition coefficient (Wildman–Crippen LogP) is 4.64. The van der Waals surface area contributed by atoms with Gasteiger partial charge in [0.25, 0.3) is 5.69 Å². The number of para-hydroxylation sites is 1. The van der Waals surface area contributed by atoms with Crippen molar-refractivity contribution in [2.24, 2.45) is 15.3 Å². The molecule has 0 spiro atoms. The van der Waals surface area contributed by atoms with E-state index in [1.807, 2.05) is 24.3 Å². The van der Waals surface area contributed by atoms with Gasteiger partial charge in [0.15, 0.2) is 5.84 Å². The largest absolute Gasteiger partial charge is 0.301 e. The molecule has 2 aromatic carbocycles. The van der Waals surface area contributed by atoms with Crippen LogP contribution in [-0.2, 0) is 0 Å². The number of azo groups is 1. The van der Waals surface area contributed by atoms with E-state index in [9.17, 15) is 20.2 Å². The molecule has 0 aliphatic heterocycles. The number of rotatable bonds is 5. The smallest absolute Gasteiger partial charge is 0.270 e. The van der Waals surface area contributed by atoms with Crippen molar-refractivity contribution in [2.45, 2.75) is 6.92 Å². The Morgan fingerprint density at radius 3 is 2.63 bits per heavy atom. The number of anilines is 1. The molecule has 12 heteroatoms. The Bertz CT molecular complexity index is 1060. The third-order valence-corrected chi connectivity index (χ3v) is 4.21. The summed E-state index contributed by atoms with van der Waals surface area (Å²) in [6, 6.07) is 10.8. The lowest BCUT2D eigenvalue weighted by Gasteiger charge is -2.02. The summed E-state index contributed by atoms with van der Waals surface area (Å²) < 4.78 is 0.973. The Morgan fingerprint density at radius 1 is 1.15 bits per heavy atom. The molecule has 3 aromatic rings. The summed E-state index contributed by atoms with van der Waals surface area (Å²) in [5, 5.41) is 34.1. The van der Waals surface area contributed by atoms with Crippen molar-refractivity contribution in [2.75, 3.05) is 5.43 Å². The molecule has 0 amide bonds. The lowest BCUT2D eigenvalue weighted by Crippen LogP contribution is -2.00. The van der Waals surface area contributed by atoms with Gasteiger partial charge in [0.1, 0.15) is 5.69 Å². The second kappa shape index (κ2) is 7.61. The number of non-ortho nitro benzene ring substituents is 1. The lowest BCUT2D eigenvalue weighted by atomic mass is 10.2. The van der Waals surface area contributed by atoms with Gasteiger partial charge in [0.2, 0.25) is 5.13 Å². The van der Waals surface area contributed by atoms with E-state index in [2.05, 4.69) is 25.7 Å². The van der Waals surface area contributed by atoms with Crippen LogP contribution < -0.4 is 5.43 Å². The Labute approximate surface area is 155 Å². The summed E-state index contributed by atoms with van der Waals surface area (Å²) in [6.45, 7) is 1.54. The molecule has 0 saturated carbocycles. The van der Waals surface area contributed by atoms with Gasteiger partial charge in [0.05, 0.1) is 26.1 Å². The monoisotopic (exact) mass is 385 g/mol. The summed E-state index contributed by atoms with van der Waals surface area (Å²) in [5.74, 6) is 0.196. The number of nitrogens with one attached hydrogen (secondary N) is 1. The van der Waals surface area contributed by atoms with Crippen LogP contribution in [0.15, 0.2) is 57.8 Å². The number of benzene rings is 2. The van der Waals surface area contributed by atoms with Gasteiger partial charge in [-0.1, -0.05) is 23.5 Å². The van der Waals surface area contributed by atoms with Crippen LogP contribution in [0.4, 0.5) is 22.2 Å². The summed E-state index contributed by atoms with van der Waals surface area (Å²) in [7, 11) is 0. The molecule has 27 heavy (non-hydrogen) atoms. The van der Waals surface area contributed by atoms with E-state index in [-0.39, 0.29) is 17.2 Å². The van der Waals surface area contributed by atoms with Crippen LogP contribution in [0.5, 0.6) is 0 Å². The van der Waals surface area contributed by atoms with Crippen LogP contribution in [0.3, 0.4) is 0 Å². The van der Waals surface area contributed by atoms with Crippen LogP contribution in [0.2, 0.25) is 0 Å². The molecule has 3 rings (SSSR count). The van der Waals surface area contributed by atoms with Gasteiger partial charge in [0, 0.05) is 6.07 Å². The van der Waals surface area contributed by atoms with Gasteiger partial charge in [-0.15, -0.1) is 10.2 Å². The first-order valence-electron chi connectivity index (χ1n) is 7.44. The van der Waals surface area contributed by atoms with E-state index < -0.39 is 15.5 Å². The minimum atomic E-state index is -0.733. The molecule has 0 bridgehead atoms.